The molecule has 9 heteroatoms. The fourth-order valence-electron chi connectivity index (χ4n) is 3.39. The molecular formula is C16H20ClN3O4S. The van der Waals surface area contributed by atoms with Gasteiger partial charge in [-0.05, 0) is 37.1 Å². The van der Waals surface area contributed by atoms with Gasteiger partial charge in [0.15, 0.2) is 9.84 Å². The standard InChI is InChI=1S/C16H20ClN3O4S/c17-10-5-7-11(8-6-10)18-14(21)4-2-1-3-13-15-12(9-25(13,23)24)19-16(22)20-15/h5-8,12-13,15H,1-4,9H2,(H,18,21)(H2,19,20,22)/t12-,13-,15+/m1/s1. The molecule has 1 aromatic carbocycles. The predicted molar refractivity (Wildman–Crippen MR) is 95.4 cm³/mol. The number of benzene rings is 1. The molecule has 136 valence electrons. The summed E-state index contributed by atoms with van der Waals surface area (Å²) in [6.07, 6.45) is 1.95. The van der Waals surface area contributed by atoms with Crippen LogP contribution in [0, 0.1) is 0 Å². The zero-order valence-electron chi connectivity index (χ0n) is 13.5. The van der Waals surface area contributed by atoms with Crippen LogP contribution in [0.15, 0.2) is 24.3 Å². The van der Waals surface area contributed by atoms with Gasteiger partial charge in [-0.2, -0.15) is 0 Å². The molecule has 0 spiro atoms. The van der Waals surface area contributed by atoms with Crippen LogP contribution >= 0.6 is 11.6 Å². The Morgan fingerprint density at radius 1 is 1.20 bits per heavy atom. The van der Waals surface area contributed by atoms with Crippen molar-refractivity contribution in [3.8, 4) is 0 Å². The molecule has 3 N–H and O–H groups in total. The number of hydrogen-bond acceptors (Lipinski definition) is 4. The Morgan fingerprint density at radius 2 is 1.92 bits per heavy atom. The highest BCUT2D eigenvalue weighted by molar-refractivity contribution is 7.92. The van der Waals surface area contributed by atoms with Gasteiger partial charge in [0, 0.05) is 17.1 Å². The lowest BCUT2D eigenvalue weighted by molar-refractivity contribution is -0.116. The van der Waals surface area contributed by atoms with Gasteiger partial charge in [0.25, 0.3) is 0 Å². The van der Waals surface area contributed by atoms with Gasteiger partial charge in [0.2, 0.25) is 5.91 Å². The van der Waals surface area contributed by atoms with Crippen LogP contribution in [0.2, 0.25) is 5.02 Å². The molecule has 0 unspecified atom stereocenters. The second-order valence-electron chi connectivity index (χ2n) is 6.42. The molecule has 0 aliphatic carbocycles. The largest absolute Gasteiger partial charge is 0.332 e. The third-order valence-electron chi connectivity index (χ3n) is 4.59. The van der Waals surface area contributed by atoms with E-state index >= 15 is 0 Å². The van der Waals surface area contributed by atoms with Crippen LogP contribution in [0.4, 0.5) is 10.5 Å². The molecule has 0 aromatic heterocycles. The summed E-state index contributed by atoms with van der Waals surface area (Å²) in [4.78, 5) is 23.3. The highest BCUT2D eigenvalue weighted by atomic mass is 35.5. The van der Waals surface area contributed by atoms with Crippen molar-refractivity contribution in [2.24, 2.45) is 0 Å². The first-order chi connectivity index (χ1) is 11.8. The zero-order chi connectivity index (χ0) is 18.0. The third kappa shape index (κ3) is 4.24. The SMILES string of the molecule is O=C(CCCC[C@@H]1[C@H]2NC(=O)N[C@@H]2CS1(=O)=O)Nc1ccc(Cl)cc1. The van der Waals surface area contributed by atoms with Gasteiger partial charge in [-0.3, -0.25) is 4.79 Å². The molecule has 0 radical (unpaired) electrons. The van der Waals surface area contributed by atoms with Crippen molar-refractivity contribution in [2.45, 2.75) is 43.0 Å². The Kier molecular flexibility index (Phi) is 5.19. The first-order valence-corrected chi connectivity index (χ1v) is 10.3. The van der Waals surface area contributed by atoms with E-state index in [-0.39, 0.29) is 29.8 Å². The second-order valence-corrected chi connectivity index (χ2v) is 9.12. The summed E-state index contributed by atoms with van der Waals surface area (Å²) in [5.41, 5.74) is 0.676. The van der Waals surface area contributed by atoms with Crippen LogP contribution in [-0.4, -0.2) is 43.4 Å². The highest BCUT2D eigenvalue weighted by Crippen LogP contribution is 2.28. The molecule has 2 fully saturated rings. The van der Waals surface area contributed by atoms with Crippen LogP contribution in [0.3, 0.4) is 0 Å². The number of anilines is 1. The van der Waals surface area contributed by atoms with E-state index in [9.17, 15) is 18.0 Å². The van der Waals surface area contributed by atoms with E-state index in [0.717, 1.165) is 0 Å². The van der Waals surface area contributed by atoms with Crippen molar-refractivity contribution >= 4 is 39.1 Å². The smallest absolute Gasteiger partial charge is 0.315 e. The average Bonchev–Trinajstić information content (AvgIpc) is 2.98. The molecule has 2 aliphatic heterocycles. The highest BCUT2D eigenvalue weighted by Gasteiger charge is 2.51. The maximum atomic E-state index is 12.2. The predicted octanol–water partition coefficient (Wildman–Crippen LogP) is 1.69. The number of halogens is 1. The van der Waals surface area contributed by atoms with Crippen molar-refractivity contribution in [2.75, 3.05) is 11.1 Å². The van der Waals surface area contributed by atoms with Crippen molar-refractivity contribution in [3.05, 3.63) is 29.3 Å². The Labute approximate surface area is 151 Å². The average molecular weight is 386 g/mol. The maximum Gasteiger partial charge on any atom is 0.315 e. The minimum atomic E-state index is -3.21. The van der Waals surface area contributed by atoms with Gasteiger partial charge >= 0.3 is 6.03 Å². The summed E-state index contributed by atoms with van der Waals surface area (Å²) in [5, 5.41) is 8.13. The van der Waals surface area contributed by atoms with Crippen LogP contribution in [0.25, 0.3) is 0 Å². The van der Waals surface area contributed by atoms with Gasteiger partial charge in [-0.15, -0.1) is 0 Å². The van der Waals surface area contributed by atoms with E-state index in [1.54, 1.807) is 24.3 Å². The summed E-state index contributed by atoms with van der Waals surface area (Å²) in [6.45, 7) is 0. The first kappa shape index (κ1) is 18.0. The lowest BCUT2D eigenvalue weighted by Crippen LogP contribution is -2.39. The summed E-state index contributed by atoms with van der Waals surface area (Å²) < 4.78 is 24.4. The Hall–Kier alpha value is -1.80. The number of nitrogens with one attached hydrogen (secondary N) is 3. The Morgan fingerprint density at radius 3 is 2.64 bits per heavy atom. The third-order valence-corrected chi connectivity index (χ3v) is 7.12. The van der Waals surface area contributed by atoms with E-state index in [2.05, 4.69) is 16.0 Å². The molecule has 3 rings (SSSR count). The van der Waals surface area contributed by atoms with E-state index in [1.165, 1.54) is 0 Å². The minimum absolute atomic E-state index is 0.0157. The number of carbonyl (C=O) groups excluding carboxylic acids is 2. The fourth-order valence-corrected chi connectivity index (χ4v) is 5.79. The minimum Gasteiger partial charge on any atom is -0.332 e. The number of unbranched alkanes of at least 4 members (excludes halogenated alkanes) is 1. The number of amides is 3. The molecule has 2 aliphatic rings. The molecular weight excluding hydrogens is 366 g/mol. The summed E-state index contributed by atoms with van der Waals surface area (Å²) >= 11 is 5.79. The van der Waals surface area contributed by atoms with Crippen molar-refractivity contribution in [1.82, 2.24) is 10.6 Å². The van der Waals surface area contributed by atoms with E-state index in [4.69, 9.17) is 11.6 Å². The monoisotopic (exact) mass is 385 g/mol. The van der Waals surface area contributed by atoms with Gasteiger partial charge in [-0.1, -0.05) is 18.0 Å². The van der Waals surface area contributed by atoms with Crippen molar-refractivity contribution in [3.63, 3.8) is 0 Å². The van der Waals surface area contributed by atoms with Gasteiger partial charge in [-0.25, -0.2) is 13.2 Å². The Bertz CT molecular complexity index is 766. The number of urea groups is 1. The van der Waals surface area contributed by atoms with Crippen LogP contribution < -0.4 is 16.0 Å². The number of rotatable bonds is 6. The first-order valence-electron chi connectivity index (χ1n) is 8.19. The van der Waals surface area contributed by atoms with Crippen molar-refractivity contribution < 1.29 is 18.0 Å². The van der Waals surface area contributed by atoms with Crippen LogP contribution in [-0.2, 0) is 14.6 Å². The topological polar surface area (TPSA) is 104 Å². The molecule has 0 bridgehead atoms. The molecule has 2 heterocycles. The molecule has 0 saturated carbocycles. The van der Waals surface area contributed by atoms with Gasteiger partial charge in [0.1, 0.15) is 0 Å². The molecule has 1 aromatic rings. The van der Waals surface area contributed by atoms with Crippen molar-refractivity contribution in [1.29, 1.82) is 0 Å². The summed E-state index contributed by atoms with van der Waals surface area (Å²) in [7, 11) is -3.21. The van der Waals surface area contributed by atoms with E-state index in [0.29, 0.717) is 36.4 Å². The van der Waals surface area contributed by atoms with Crippen LogP contribution in [0.1, 0.15) is 25.7 Å². The zero-order valence-corrected chi connectivity index (χ0v) is 15.1. The summed E-state index contributed by atoms with van der Waals surface area (Å²) in [5.74, 6) is -0.136. The number of sulfone groups is 1. The van der Waals surface area contributed by atoms with E-state index in [1.807, 2.05) is 0 Å². The molecule has 3 amide bonds. The number of fused-ring (bicyclic) bond motifs is 1. The lowest BCUT2D eigenvalue weighted by atomic mass is 10.0. The quantitative estimate of drug-likeness (QED) is 0.512. The number of carbonyl (C=O) groups is 2. The normalized spacial score (nSPS) is 26.6. The molecule has 25 heavy (non-hydrogen) atoms. The Balaban J connectivity index is 1.44. The van der Waals surface area contributed by atoms with Gasteiger partial charge < -0.3 is 16.0 Å². The van der Waals surface area contributed by atoms with Crippen LogP contribution in [0.5, 0.6) is 0 Å². The molecule has 2 saturated heterocycles. The van der Waals surface area contributed by atoms with Gasteiger partial charge in [0.05, 0.1) is 23.1 Å². The lowest BCUT2D eigenvalue weighted by Gasteiger charge is -2.16. The molecule has 7 nitrogen and oxygen atoms in total. The summed E-state index contributed by atoms with van der Waals surface area (Å²) in [6, 6.07) is 5.83. The van der Waals surface area contributed by atoms with E-state index < -0.39 is 15.1 Å². The second kappa shape index (κ2) is 7.21. The molecule has 3 atom stereocenters. The fraction of sp³-hybridized carbons (Fsp3) is 0.500. The maximum absolute atomic E-state index is 12.2. The number of hydrogen-bond donors (Lipinski definition) is 3.